The van der Waals surface area contributed by atoms with Crippen LogP contribution in [-0.2, 0) is 6.54 Å². The monoisotopic (exact) mass is 275 g/mol. The zero-order valence-electron chi connectivity index (χ0n) is 10.9. The van der Waals surface area contributed by atoms with E-state index in [1.807, 2.05) is 37.3 Å². The molecule has 0 heterocycles. The average Bonchev–Trinajstić information content (AvgIpc) is 2.46. The normalized spacial score (nSPS) is 14.1. The molecule has 2 nitrogen and oxygen atoms in total. The number of nitrogens with one attached hydrogen (secondary N) is 1. The molecule has 2 rings (SSSR count). The zero-order chi connectivity index (χ0) is 13.7. The smallest absolute Gasteiger partial charge is 0.0940 e. The molecule has 0 aliphatic carbocycles. The van der Waals surface area contributed by atoms with Crippen molar-refractivity contribution in [3.63, 3.8) is 0 Å². The van der Waals surface area contributed by atoms with Gasteiger partial charge in [0.05, 0.1) is 6.10 Å². The van der Waals surface area contributed by atoms with Crippen LogP contribution in [0.5, 0.6) is 0 Å². The topological polar surface area (TPSA) is 32.3 Å². The van der Waals surface area contributed by atoms with E-state index in [0.717, 1.165) is 12.1 Å². The molecule has 0 aliphatic heterocycles. The first kappa shape index (κ1) is 14.1. The molecule has 0 fully saturated rings. The molecule has 2 unspecified atom stereocenters. The molecule has 0 aromatic heterocycles. The van der Waals surface area contributed by atoms with E-state index in [1.165, 1.54) is 5.56 Å². The Morgan fingerprint density at radius 1 is 1.05 bits per heavy atom. The van der Waals surface area contributed by atoms with Gasteiger partial charge in [-0.1, -0.05) is 54.1 Å². The minimum atomic E-state index is -0.541. The lowest BCUT2D eigenvalue weighted by Gasteiger charge is -2.20. The highest BCUT2D eigenvalue weighted by Gasteiger charge is 2.15. The van der Waals surface area contributed by atoms with E-state index in [0.29, 0.717) is 5.02 Å². The molecule has 0 saturated heterocycles. The third-order valence-corrected chi connectivity index (χ3v) is 3.41. The third kappa shape index (κ3) is 4.06. The van der Waals surface area contributed by atoms with Gasteiger partial charge in [0, 0.05) is 17.6 Å². The number of aliphatic hydroxyl groups excluding tert-OH is 1. The molecule has 0 amide bonds. The van der Waals surface area contributed by atoms with E-state index in [9.17, 15) is 5.11 Å². The van der Waals surface area contributed by atoms with Gasteiger partial charge in [0.2, 0.25) is 0 Å². The Morgan fingerprint density at radius 3 is 2.32 bits per heavy atom. The first-order valence-corrected chi connectivity index (χ1v) is 6.75. The second-order valence-corrected chi connectivity index (χ2v) is 5.09. The Hall–Kier alpha value is -1.35. The molecule has 100 valence electrons. The summed E-state index contributed by atoms with van der Waals surface area (Å²) in [6, 6.07) is 17.4. The predicted molar refractivity (Wildman–Crippen MR) is 79.2 cm³/mol. The van der Waals surface area contributed by atoms with Crippen LogP contribution in [0.25, 0.3) is 0 Å². The van der Waals surface area contributed by atoms with Crippen LogP contribution in [0, 0.1) is 0 Å². The van der Waals surface area contributed by atoms with Gasteiger partial charge < -0.3 is 10.4 Å². The Kier molecular flexibility index (Phi) is 4.97. The van der Waals surface area contributed by atoms with Crippen molar-refractivity contribution in [2.75, 3.05) is 0 Å². The maximum atomic E-state index is 10.3. The molecular weight excluding hydrogens is 258 g/mol. The number of benzene rings is 2. The molecule has 2 aromatic rings. The van der Waals surface area contributed by atoms with Crippen molar-refractivity contribution in [1.29, 1.82) is 0 Å². The van der Waals surface area contributed by atoms with E-state index in [1.54, 1.807) is 12.1 Å². The van der Waals surface area contributed by atoms with Crippen molar-refractivity contribution in [3.05, 3.63) is 70.7 Å². The van der Waals surface area contributed by atoms with Crippen LogP contribution in [0.4, 0.5) is 0 Å². The fourth-order valence-corrected chi connectivity index (χ4v) is 2.06. The molecule has 19 heavy (non-hydrogen) atoms. The first-order chi connectivity index (χ1) is 9.16. The van der Waals surface area contributed by atoms with Crippen LogP contribution in [-0.4, -0.2) is 11.1 Å². The summed E-state index contributed by atoms with van der Waals surface area (Å²) in [5, 5.41) is 14.3. The predicted octanol–water partition coefficient (Wildman–Crippen LogP) is 3.55. The van der Waals surface area contributed by atoms with E-state index < -0.39 is 6.10 Å². The van der Waals surface area contributed by atoms with Crippen LogP contribution >= 0.6 is 11.6 Å². The molecule has 0 spiro atoms. The van der Waals surface area contributed by atoms with E-state index >= 15 is 0 Å². The first-order valence-electron chi connectivity index (χ1n) is 6.37. The van der Waals surface area contributed by atoms with E-state index in [-0.39, 0.29) is 6.04 Å². The summed E-state index contributed by atoms with van der Waals surface area (Å²) >= 11 is 5.84. The fraction of sp³-hybridized carbons (Fsp3) is 0.250. The maximum absolute atomic E-state index is 10.3. The lowest BCUT2D eigenvalue weighted by atomic mass is 10.0. The second-order valence-electron chi connectivity index (χ2n) is 4.65. The Labute approximate surface area is 119 Å². The highest BCUT2D eigenvalue weighted by molar-refractivity contribution is 6.30. The van der Waals surface area contributed by atoms with Crippen LogP contribution in [0.3, 0.4) is 0 Å². The standard InChI is InChI=1S/C16H18ClNO/c1-12(18-11-13-5-3-2-4-6-13)16(19)14-7-9-15(17)10-8-14/h2-10,12,16,18-19H,11H2,1H3. The fourth-order valence-electron chi connectivity index (χ4n) is 1.93. The van der Waals surface area contributed by atoms with E-state index in [4.69, 9.17) is 11.6 Å². The summed E-state index contributed by atoms with van der Waals surface area (Å²) in [6.07, 6.45) is -0.541. The van der Waals surface area contributed by atoms with Crippen molar-refractivity contribution in [1.82, 2.24) is 5.32 Å². The zero-order valence-corrected chi connectivity index (χ0v) is 11.6. The van der Waals surface area contributed by atoms with Crippen LogP contribution in [0.1, 0.15) is 24.2 Å². The molecule has 2 aromatic carbocycles. The lowest BCUT2D eigenvalue weighted by Crippen LogP contribution is -2.31. The van der Waals surface area contributed by atoms with Crippen LogP contribution < -0.4 is 5.32 Å². The Morgan fingerprint density at radius 2 is 1.68 bits per heavy atom. The molecule has 2 atom stereocenters. The number of halogens is 1. The molecule has 0 radical (unpaired) electrons. The number of hydrogen-bond donors (Lipinski definition) is 2. The lowest BCUT2D eigenvalue weighted by molar-refractivity contribution is 0.135. The summed E-state index contributed by atoms with van der Waals surface area (Å²) in [5.41, 5.74) is 2.08. The third-order valence-electron chi connectivity index (χ3n) is 3.16. The average molecular weight is 276 g/mol. The van der Waals surface area contributed by atoms with Crippen molar-refractivity contribution in [2.24, 2.45) is 0 Å². The molecule has 0 saturated carbocycles. The summed E-state index contributed by atoms with van der Waals surface area (Å²) < 4.78 is 0. The molecule has 0 bridgehead atoms. The second kappa shape index (κ2) is 6.71. The van der Waals surface area contributed by atoms with Gasteiger partial charge >= 0.3 is 0 Å². The van der Waals surface area contributed by atoms with Crippen LogP contribution in [0.15, 0.2) is 54.6 Å². The summed E-state index contributed by atoms with van der Waals surface area (Å²) in [4.78, 5) is 0. The molecule has 3 heteroatoms. The number of aliphatic hydroxyl groups is 1. The van der Waals surface area contributed by atoms with Crippen molar-refractivity contribution < 1.29 is 5.11 Å². The minimum Gasteiger partial charge on any atom is -0.387 e. The van der Waals surface area contributed by atoms with Gasteiger partial charge in [0.1, 0.15) is 0 Å². The Bertz CT molecular complexity index is 498. The SMILES string of the molecule is CC(NCc1ccccc1)C(O)c1ccc(Cl)cc1. The molecule has 0 aliphatic rings. The highest BCUT2D eigenvalue weighted by atomic mass is 35.5. The molecule has 2 N–H and O–H groups in total. The van der Waals surface area contributed by atoms with Crippen molar-refractivity contribution >= 4 is 11.6 Å². The molecular formula is C16H18ClNO. The highest BCUT2D eigenvalue weighted by Crippen LogP contribution is 2.19. The Balaban J connectivity index is 1.92. The van der Waals surface area contributed by atoms with Crippen molar-refractivity contribution in [3.8, 4) is 0 Å². The quantitative estimate of drug-likeness (QED) is 0.875. The van der Waals surface area contributed by atoms with Gasteiger partial charge in [0.15, 0.2) is 0 Å². The largest absolute Gasteiger partial charge is 0.387 e. The maximum Gasteiger partial charge on any atom is 0.0940 e. The number of rotatable bonds is 5. The number of hydrogen-bond acceptors (Lipinski definition) is 2. The van der Waals surface area contributed by atoms with Gasteiger partial charge in [-0.05, 0) is 30.2 Å². The summed E-state index contributed by atoms with van der Waals surface area (Å²) in [7, 11) is 0. The summed E-state index contributed by atoms with van der Waals surface area (Å²) in [6.45, 7) is 2.72. The van der Waals surface area contributed by atoms with Gasteiger partial charge in [-0.15, -0.1) is 0 Å². The van der Waals surface area contributed by atoms with Gasteiger partial charge in [-0.25, -0.2) is 0 Å². The summed E-state index contributed by atoms with van der Waals surface area (Å²) in [5.74, 6) is 0. The van der Waals surface area contributed by atoms with Crippen LogP contribution in [0.2, 0.25) is 5.02 Å². The van der Waals surface area contributed by atoms with Gasteiger partial charge in [0.25, 0.3) is 0 Å². The van der Waals surface area contributed by atoms with E-state index in [2.05, 4.69) is 17.4 Å². The minimum absolute atomic E-state index is 0.0265. The van der Waals surface area contributed by atoms with Crippen molar-refractivity contribution in [2.45, 2.75) is 25.6 Å². The van der Waals surface area contributed by atoms with Gasteiger partial charge in [-0.3, -0.25) is 0 Å². The van der Waals surface area contributed by atoms with Gasteiger partial charge in [-0.2, -0.15) is 0 Å².